The molecule has 3 rings (SSSR count). The normalized spacial score (nSPS) is 22.4. The van der Waals surface area contributed by atoms with E-state index in [-0.39, 0.29) is 23.9 Å². The lowest BCUT2D eigenvalue weighted by Crippen LogP contribution is -2.39. The number of anilines is 1. The Morgan fingerprint density at radius 1 is 1.50 bits per heavy atom. The summed E-state index contributed by atoms with van der Waals surface area (Å²) >= 11 is 0. The molecule has 2 aliphatic heterocycles. The molecule has 0 spiro atoms. The molecule has 0 aromatic carbocycles. The Morgan fingerprint density at radius 2 is 2.29 bits per heavy atom. The lowest BCUT2D eigenvalue weighted by atomic mass is 10.2. The number of nitrogens with zero attached hydrogens (tertiary/aromatic N) is 3. The standard InChI is InChI=1S/C17H24N4O3/c1-4-13-10-24-15-7-12(8-18-16(15)19-13)17(23)21-6-5-14(9-21)20(3)11(2)22/h7-8,13-14H,4-6,9-10H2,1-3H3,(H,18,19)/t13-,14+/m1/s1. The van der Waals surface area contributed by atoms with Gasteiger partial charge in [0.1, 0.15) is 6.61 Å². The third-order valence-corrected chi connectivity index (χ3v) is 4.87. The number of nitrogens with one attached hydrogen (secondary N) is 1. The van der Waals surface area contributed by atoms with Crippen LogP contribution in [0.15, 0.2) is 12.3 Å². The van der Waals surface area contributed by atoms with Crippen LogP contribution in [-0.4, -0.2) is 65.4 Å². The molecule has 3 heterocycles. The first-order chi connectivity index (χ1) is 11.5. The first kappa shape index (κ1) is 16.5. The summed E-state index contributed by atoms with van der Waals surface area (Å²) in [5, 5.41) is 3.31. The SMILES string of the molecule is CC[C@@H]1COc2cc(C(=O)N3CC[C@H](N(C)C(C)=O)C3)cnc2N1. The van der Waals surface area contributed by atoms with Gasteiger partial charge in [0.05, 0.1) is 17.6 Å². The van der Waals surface area contributed by atoms with Crippen LogP contribution in [0.25, 0.3) is 0 Å². The Balaban J connectivity index is 1.69. The Morgan fingerprint density at radius 3 is 3.00 bits per heavy atom. The maximum absolute atomic E-state index is 12.7. The van der Waals surface area contributed by atoms with Gasteiger partial charge in [-0.15, -0.1) is 0 Å². The molecule has 24 heavy (non-hydrogen) atoms. The van der Waals surface area contributed by atoms with Gasteiger partial charge >= 0.3 is 0 Å². The van der Waals surface area contributed by atoms with E-state index in [1.54, 1.807) is 36.0 Å². The number of amides is 2. The maximum atomic E-state index is 12.7. The van der Waals surface area contributed by atoms with Crippen LogP contribution in [0.2, 0.25) is 0 Å². The van der Waals surface area contributed by atoms with Crippen molar-refractivity contribution in [2.24, 2.45) is 0 Å². The number of fused-ring (bicyclic) bond motifs is 1. The number of carbonyl (C=O) groups is 2. The number of hydrogen-bond donors (Lipinski definition) is 1. The topological polar surface area (TPSA) is 74.8 Å². The molecule has 0 radical (unpaired) electrons. The van der Waals surface area contributed by atoms with Crippen LogP contribution < -0.4 is 10.1 Å². The summed E-state index contributed by atoms with van der Waals surface area (Å²) in [5.41, 5.74) is 0.525. The van der Waals surface area contributed by atoms with Crippen LogP contribution >= 0.6 is 0 Å². The van der Waals surface area contributed by atoms with Crippen LogP contribution in [0.4, 0.5) is 5.82 Å². The van der Waals surface area contributed by atoms with Gasteiger partial charge in [-0.3, -0.25) is 9.59 Å². The van der Waals surface area contributed by atoms with Gasteiger partial charge in [0.2, 0.25) is 5.91 Å². The molecular formula is C17H24N4O3. The van der Waals surface area contributed by atoms with Gasteiger partial charge in [0.25, 0.3) is 5.91 Å². The fourth-order valence-electron chi connectivity index (χ4n) is 3.11. The average molecular weight is 332 g/mol. The summed E-state index contributed by atoms with van der Waals surface area (Å²) in [6.07, 6.45) is 3.36. The minimum absolute atomic E-state index is 0.0229. The molecule has 130 valence electrons. The highest BCUT2D eigenvalue weighted by Crippen LogP contribution is 2.29. The van der Waals surface area contributed by atoms with Crippen molar-refractivity contribution in [1.29, 1.82) is 0 Å². The number of aromatic nitrogens is 1. The van der Waals surface area contributed by atoms with Gasteiger partial charge in [0.15, 0.2) is 11.6 Å². The van der Waals surface area contributed by atoms with Crippen LogP contribution in [-0.2, 0) is 4.79 Å². The van der Waals surface area contributed by atoms with Crippen LogP contribution in [0, 0.1) is 0 Å². The van der Waals surface area contributed by atoms with Crippen molar-refractivity contribution in [3.63, 3.8) is 0 Å². The summed E-state index contributed by atoms with van der Waals surface area (Å²) in [6, 6.07) is 2.10. The van der Waals surface area contributed by atoms with Crippen molar-refractivity contribution in [2.45, 2.75) is 38.8 Å². The molecule has 0 aliphatic carbocycles. The van der Waals surface area contributed by atoms with Gasteiger partial charge in [-0.2, -0.15) is 0 Å². The van der Waals surface area contributed by atoms with Gasteiger partial charge in [-0.25, -0.2) is 4.98 Å². The zero-order valence-electron chi connectivity index (χ0n) is 14.4. The summed E-state index contributed by atoms with van der Waals surface area (Å²) in [6.45, 7) is 5.42. The van der Waals surface area contributed by atoms with E-state index in [0.29, 0.717) is 36.8 Å². The van der Waals surface area contributed by atoms with Gasteiger partial charge in [-0.05, 0) is 18.9 Å². The molecule has 1 saturated heterocycles. The average Bonchev–Trinajstić information content (AvgIpc) is 3.09. The molecular weight excluding hydrogens is 308 g/mol. The molecule has 1 fully saturated rings. The second kappa shape index (κ2) is 6.67. The quantitative estimate of drug-likeness (QED) is 0.904. The first-order valence-corrected chi connectivity index (χ1v) is 8.41. The first-order valence-electron chi connectivity index (χ1n) is 8.41. The van der Waals surface area contributed by atoms with Crippen LogP contribution in [0.3, 0.4) is 0 Å². The molecule has 7 heteroatoms. The van der Waals surface area contributed by atoms with E-state index in [0.717, 1.165) is 12.8 Å². The minimum Gasteiger partial charge on any atom is -0.488 e. The van der Waals surface area contributed by atoms with Crippen molar-refractivity contribution >= 4 is 17.6 Å². The van der Waals surface area contributed by atoms with E-state index in [2.05, 4.69) is 17.2 Å². The van der Waals surface area contributed by atoms with E-state index in [1.807, 2.05) is 0 Å². The van der Waals surface area contributed by atoms with Crippen molar-refractivity contribution in [2.75, 3.05) is 32.1 Å². The summed E-state index contributed by atoms with van der Waals surface area (Å²) in [7, 11) is 1.78. The zero-order chi connectivity index (χ0) is 17.3. The highest BCUT2D eigenvalue weighted by atomic mass is 16.5. The number of hydrogen-bond acceptors (Lipinski definition) is 5. The second-order valence-corrected chi connectivity index (χ2v) is 6.45. The molecule has 7 nitrogen and oxygen atoms in total. The number of carbonyl (C=O) groups excluding carboxylic acids is 2. The predicted octanol–water partition coefficient (Wildman–Crippen LogP) is 1.36. The lowest BCUT2D eigenvalue weighted by Gasteiger charge is -2.26. The summed E-state index contributed by atoms with van der Waals surface area (Å²) in [4.78, 5) is 32.0. The molecule has 2 aliphatic rings. The molecule has 1 N–H and O–H groups in total. The van der Waals surface area contributed by atoms with E-state index >= 15 is 0 Å². The lowest BCUT2D eigenvalue weighted by molar-refractivity contribution is -0.129. The van der Waals surface area contributed by atoms with Gasteiger partial charge in [0, 0.05) is 33.3 Å². The molecule has 0 saturated carbocycles. The largest absolute Gasteiger partial charge is 0.488 e. The second-order valence-electron chi connectivity index (χ2n) is 6.45. The van der Waals surface area contributed by atoms with Crippen molar-refractivity contribution in [3.8, 4) is 5.75 Å². The monoisotopic (exact) mass is 332 g/mol. The Bertz CT molecular complexity index is 649. The van der Waals surface area contributed by atoms with Crippen LogP contribution in [0.1, 0.15) is 37.0 Å². The number of likely N-dealkylation sites (N-methyl/N-ethyl adjacent to an activating group) is 1. The number of ether oxygens (including phenoxy) is 1. The van der Waals surface area contributed by atoms with E-state index in [1.165, 1.54) is 0 Å². The molecule has 1 aromatic rings. The fraction of sp³-hybridized carbons (Fsp3) is 0.588. The van der Waals surface area contributed by atoms with Crippen LogP contribution in [0.5, 0.6) is 5.75 Å². The molecule has 2 amide bonds. The molecule has 1 aromatic heterocycles. The molecule has 0 bridgehead atoms. The molecule has 0 unspecified atom stereocenters. The predicted molar refractivity (Wildman–Crippen MR) is 90.2 cm³/mol. The third-order valence-electron chi connectivity index (χ3n) is 4.87. The number of rotatable bonds is 3. The van der Waals surface area contributed by atoms with Crippen molar-refractivity contribution < 1.29 is 14.3 Å². The highest BCUT2D eigenvalue weighted by molar-refractivity contribution is 5.95. The minimum atomic E-state index is -0.0639. The summed E-state index contributed by atoms with van der Waals surface area (Å²) in [5.74, 6) is 1.28. The Kier molecular flexibility index (Phi) is 4.59. The highest BCUT2D eigenvalue weighted by Gasteiger charge is 2.31. The number of likely N-dealkylation sites (tertiary alicyclic amines) is 1. The van der Waals surface area contributed by atoms with E-state index in [9.17, 15) is 9.59 Å². The third kappa shape index (κ3) is 3.16. The Hall–Kier alpha value is -2.31. The number of pyridine rings is 1. The summed E-state index contributed by atoms with van der Waals surface area (Å²) < 4.78 is 5.72. The fourth-order valence-corrected chi connectivity index (χ4v) is 3.11. The Labute approximate surface area is 142 Å². The van der Waals surface area contributed by atoms with Crippen molar-refractivity contribution in [1.82, 2.24) is 14.8 Å². The van der Waals surface area contributed by atoms with Gasteiger partial charge < -0.3 is 19.9 Å². The van der Waals surface area contributed by atoms with E-state index < -0.39 is 0 Å². The smallest absolute Gasteiger partial charge is 0.255 e. The van der Waals surface area contributed by atoms with E-state index in [4.69, 9.17) is 4.74 Å². The zero-order valence-corrected chi connectivity index (χ0v) is 14.4. The van der Waals surface area contributed by atoms with Crippen molar-refractivity contribution in [3.05, 3.63) is 17.8 Å². The molecule has 2 atom stereocenters. The van der Waals surface area contributed by atoms with Gasteiger partial charge in [-0.1, -0.05) is 6.92 Å². The maximum Gasteiger partial charge on any atom is 0.255 e.